The fourth-order valence-electron chi connectivity index (χ4n) is 4.14. The van der Waals surface area contributed by atoms with E-state index in [0.717, 1.165) is 5.82 Å². The lowest BCUT2D eigenvalue weighted by Gasteiger charge is -2.16. The predicted octanol–water partition coefficient (Wildman–Crippen LogP) is 4.32. The molecule has 3 heterocycles. The highest BCUT2D eigenvalue weighted by Gasteiger charge is 2.38. The summed E-state index contributed by atoms with van der Waals surface area (Å²) in [5.41, 5.74) is 1.85. The van der Waals surface area contributed by atoms with Gasteiger partial charge in [-0.05, 0) is 39.6 Å². The molecule has 0 amide bonds. The van der Waals surface area contributed by atoms with E-state index in [4.69, 9.17) is 11.6 Å². The average Bonchev–Trinajstić information content (AvgIpc) is 3.11. The third-order valence-corrected chi connectivity index (χ3v) is 7.98. The first kappa shape index (κ1) is 21.2. The fourth-order valence-corrected chi connectivity index (χ4v) is 6.70. The van der Waals surface area contributed by atoms with Gasteiger partial charge in [-0.25, -0.2) is 19.3 Å². The summed E-state index contributed by atoms with van der Waals surface area (Å²) in [5, 5.41) is 13.5. The second-order valence-corrected chi connectivity index (χ2v) is 12.1. The van der Waals surface area contributed by atoms with E-state index >= 15 is 0 Å². The van der Waals surface area contributed by atoms with Gasteiger partial charge in [-0.3, -0.25) is 0 Å². The van der Waals surface area contributed by atoms with Crippen LogP contribution in [0.15, 0.2) is 18.3 Å². The van der Waals surface area contributed by atoms with Gasteiger partial charge >= 0.3 is 0 Å². The lowest BCUT2D eigenvalue weighted by atomic mass is 10.1. The van der Waals surface area contributed by atoms with Crippen molar-refractivity contribution < 1.29 is 14.1 Å². The summed E-state index contributed by atoms with van der Waals surface area (Å²) >= 11 is 6.34. The fraction of sp³-hybridized carbons (Fsp3) is 0.450. The number of hydrogen-bond donors (Lipinski definition) is 2. The van der Waals surface area contributed by atoms with Crippen molar-refractivity contribution in [3.8, 4) is 11.3 Å². The molecule has 4 rings (SSSR count). The van der Waals surface area contributed by atoms with Gasteiger partial charge < -0.3 is 19.6 Å². The Morgan fingerprint density at radius 3 is 2.70 bits per heavy atom. The molecule has 1 saturated heterocycles. The molecule has 160 valence electrons. The highest BCUT2D eigenvalue weighted by molar-refractivity contribution is 7.63. The summed E-state index contributed by atoms with van der Waals surface area (Å²) in [4.78, 5) is 13.0. The normalized spacial score (nSPS) is 24.1. The van der Waals surface area contributed by atoms with Gasteiger partial charge in [0.25, 0.3) is 0 Å². The molecular weight excluding hydrogens is 428 g/mol. The lowest BCUT2D eigenvalue weighted by Crippen LogP contribution is -2.32. The van der Waals surface area contributed by atoms with Crippen molar-refractivity contribution in [1.29, 1.82) is 0 Å². The van der Waals surface area contributed by atoms with Crippen LogP contribution in [0.4, 0.5) is 10.3 Å². The van der Waals surface area contributed by atoms with E-state index in [0.29, 0.717) is 28.5 Å². The van der Waals surface area contributed by atoms with Crippen LogP contribution in [-0.2, 0) is 4.57 Å². The molecule has 1 aromatic carbocycles. The Kier molecular flexibility index (Phi) is 5.37. The van der Waals surface area contributed by atoms with E-state index < -0.39 is 25.1 Å². The lowest BCUT2D eigenvalue weighted by molar-refractivity contribution is 0.190. The van der Waals surface area contributed by atoms with Crippen LogP contribution < -0.4 is 5.32 Å². The molecule has 1 aliphatic rings. The molecule has 2 aromatic heterocycles. The number of aryl methyl sites for hydroxylation is 1. The Labute approximate surface area is 179 Å². The molecule has 3 atom stereocenters. The smallest absolute Gasteiger partial charge is 0.223 e. The van der Waals surface area contributed by atoms with Crippen LogP contribution in [0.1, 0.15) is 25.7 Å². The van der Waals surface area contributed by atoms with Crippen molar-refractivity contribution in [2.24, 2.45) is 0 Å². The summed E-state index contributed by atoms with van der Waals surface area (Å²) in [6.45, 7) is 7.55. The van der Waals surface area contributed by atoms with Crippen LogP contribution in [0, 0.1) is 12.7 Å². The summed E-state index contributed by atoms with van der Waals surface area (Å²) in [5.74, 6) is 0.521. The number of aromatic nitrogens is 4. The molecule has 0 saturated carbocycles. The number of aliphatic hydroxyl groups excluding tert-OH is 1. The number of halogens is 2. The molecule has 0 aliphatic carbocycles. The Morgan fingerprint density at radius 1 is 1.33 bits per heavy atom. The van der Waals surface area contributed by atoms with Gasteiger partial charge in [-0.15, -0.1) is 0 Å². The molecule has 0 radical (unpaired) electrons. The third kappa shape index (κ3) is 3.84. The van der Waals surface area contributed by atoms with Gasteiger partial charge in [0.2, 0.25) is 5.95 Å². The molecule has 1 unspecified atom stereocenters. The second kappa shape index (κ2) is 7.59. The molecule has 7 nitrogen and oxygen atoms in total. The number of hydrogen-bond acceptors (Lipinski definition) is 6. The number of anilines is 1. The van der Waals surface area contributed by atoms with Crippen molar-refractivity contribution in [3.63, 3.8) is 0 Å². The minimum absolute atomic E-state index is 0.108. The number of benzene rings is 1. The number of nitrogens with zero attached hydrogens (tertiary/aromatic N) is 4. The van der Waals surface area contributed by atoms with Gasteiger partial charge in [0.1, 0.15) is 11.3 Å². The number of imidazole rings is 1. The maximum absolute atomic E-state index is 14.8. The SMILES string of the molecule is Cc1nc2c(F)cc(-c3nc(N[C@@H]4CP(C)(=O)C[C@H]4O)ncc3Cl)cc2n1C(C)C. The van der Waals surface area contributed by atoms with Crippen molar-refractivity contribution >= 4 is 35.7 Å². The van der Waals surface area contributed by atoms with Crippen LogP contribution >= 0.6 is 18.7 Å². The van der Waals surface area contributed by atoms with Gasteiger partial charge in [-0.2, -0.15) is 0 Å². The van der Waals surface area contributed by atoms with Crippen molar-refractivity contribution in [3.05, 3.63) is 35.0 Å². The van der Waals surface area contributed by atoms with E-state index in [9.17, 15) is 14.1 Å². The molecule has 30 heavy (non-hydrogen) atoms. The summed E-state index contributed by atoms with van der Waals surface area (Å²) in [6.07, 6.45) is 1.33. The maximum Gasteiger partial charge on any atom is 0.223 e. The van der Waals surface area contributed by atoms with Crippen molar-refractivity contribution in [2.75, 3.05) is 24.3 Å². The molecule has 0 bridgehead atoms. The first-order valence-corrected chi connectivity index (χ1v) is 12.7. The quantitative estimate of drug-likeness (QED) is 0.574. The van der Waals surface area contributed by atoms with Gasteiger partial charge in [-0.1, -0.05) is 11.6 Å². The number of rotatable bonds is 4. The summed E-state index contributed by atoms with van der Waals surface area (Å²) in [7, 11) is -2.37. The van der Waals surface area contributed by atoms with Crippen molar-refractivity contribution in [1.82, 2.24) is 19.5 Å². The third-order valence-electron chi connectivity index (χ3n) is 5.39. The van der Waals surface area contributed by atoms with Crippen LogP contribution in [0.3, 0.4) is 0 Å². The van der Waals surface area contributed by atoms with E-state index in [1.807, 2.05) is 31.4 Å². The topological polar surface area (TPSA) is 92.9 Å². The summed E-state index contributed by atoms with van der Waals surface area (Å²) < 4.78 is 29.1. The predicted molar refractivity (Wildman–Crippen MR) is 118 cm³/mol. The van der Waals surface area contributed by atoms with Gasteiger partial charge in [0.05, 0.1) is 41.7 Å². The molecular formula is C20H24ClFN5O2P. The molecule has 3 aromatic rings. The second-order valence-electron chi connectivity index (χ2n) is 8.32. The van der Waals surface area contributed by atoms with E-state index in [2.05, 4.69) is 20.3 Å². The first-order valence-electron chi connectivity index (χ1n) is 9.77. The van der Waals surface area contributed by atoms with Crippen LogP contribution in [0.5, 0.6) is 0 Å². The minimum Gasteiger partial charge on any atom is -0.390 e. The number of fused-ring (bicyclic) bond motifs is 1. The Morgan fingerprint density at radius 2 is 2.07 bits per heavy atom. The van der Waals surface area contributed by atoms with E-state index in [1.165, 1.54) is 12.3 Å². The highest BCUT2D eigenvalue weighted by atomic mass is 35.5. The van der Waals surface area contributed by atoms with Crippen LogP contribution in [0.25, 0.3) is 22.3 Å². The Bertz CT molecular complexity index is 1180. The van der Waals surface area contributed by atoms with Crippen LogP contribution in [-0.4, -0.2) is 55.8 Å². The van der Waals surface area contributed by atoms with Crippen molar-refractivity contribution in [2.45, 2.75) is 39.0 Å². The zero-order chi connectivity index (χ0) is 21.8. The van der Waals surface area contributed by atoms with Gasteiger partial charge in [0.15, 0.2) is 5.82 Å². The first-order chi connectivity index (χ1) is 14.1. The monoisotopic (exact) mass is 451 g/mol. The van der Waals surface area contributed by atoms with Crippen LogP contribution in [0.2, 0.25) is 5.02 Å². The summed E-state index contributed by atoms with van der Waals surface area (Å²) in [6, 6.07) is 2.89. The molecule has 2 N–H and O–H groups in total. The molecule has 0 spiro atoms. The zero-order valence-corrected chi connectivity index (χ0v) is 18.9. The van der Waals surface area contributed by atoms with Gasteiger partial charge in [0, 0.05) is 23.9 Å². The standard InChI is InChI=1S/C20H24ClFN5O2P/c1-10(2)27-11(3)24-19-14(22)5-12(6-16(19)27)18-13(21)7-23-20(26-18)25-15-8-30(4,29)9-17(15)28/h5-7,10,15,17,28H,8-9H2,1-4H3,(H,23,25,26)/t15-,17-,30?/m1/s1. The highest BCUT2D eigenvalue weighted by Crippen LogP contribution is 2.48. The zero-order valence-electron chi connectivity index (χ0n) is 17.2. The number of aliphatic hydroxyl groups is 1. The average molecular weight is 452 g/mol. The van der Waals surface area contributed by atoms with E-state index in [1.54, 1.807) is 6.66 Å². The largest absolute Gasteiger partial charge is 0.390 e. The van der Waals surface area contributed by atoms with E-state index in [-0.39, 0.29) is 23.2 Å². The number of nitrogens with one attached hydrogen (secondary N) is 1. The Balaban J connectivity index is 1.75. The molecule has 1 aliphatic heterocycles. The maximum atomic E-state index is 14.8. The minimum atomic E-state index is -2.37. The Hall–Kier alpha value is -2.02. The molecule has 10 heteroatoms. The molecule has 1 fully saturated rings.